The highest BCUT2D eigenvalue weighted by atomic mass is 19.1. The summed E-state index contributed by atoms with van der Waals surface area (Å²) in [5.41, 5.74) is 1.85. The summed E-state index contributed by atoms with van der Waals surface area (Å²) < 4.78 is 20.5. The lowest BCUT2D eigenvalue weighted by atomic mass is 10.1. The summed E-state index contributed by atoms with van der Waals surface area (Å²) in [6, 6.07) is 13.6. The second-order valence-corrected chi connectivity index (χ2v) is 5.83. The highest BCUT2D eigenvalue weighted by molar-refractivity contribution is 5.78. The van der Waals surface area contributed by atoms with Gasteiger partial charge in [-0.3, -0.25) is 4.79 Å². The van der Waals surface area contributed by atoms with Gasteiger partial charge in [-0.05, 0) is 36.8 Å². The summed E-state index contributed by atoms with van der Waals surface area (Å²) in [7, 11) is 1.70. The van der Waals surface area contributed by atoms with Crippen molar-refractivity contribution >= 4 is 5.91 Å². The average molecular weight is 354 g/mol. The zero-order valence-corrected chi connectivity index (χ0v) is 14.5. The van der Waals surface area contributed by atoms with E-state index >= 15 is 0 Å². The summed E-state index contributed by atoms with van der Waals surface area (Å²) in [4.78, 5) is 17.8. The van der Waals surface area contributed by atoms with Crippen molar-refractivity contribution in [3.05, 3.63) is 72.6 Å². The first-order valence-electron chi connectivity index (χ1n) is 8.14. The Bertz CT molecular complexity index is 866. The van der Waals surface area contributed by atoms with Crippen LogP contribution in [0.4, 0.5) is 4.39 Å². The van der Waals surface area contributed by atoms with Crippen molar-refractivity contribution in [1.82, 2.24) is 19.7 Å². The van der Waals surface area contributed by atoms with Crippen molar-refractivity contribution in [2.75, 3.05) is 13.7 Å². The van der Waals surface area contributed by atoms with Crippen molar-refractivity contribution < 1.29 is 13.9 Å². The van der Waals surface area contributed by atoms with Crippen molar-refractivity contribution in [1.29, 1.82) is 0 Å². The van der Waals surface area contributed by atoms with Gasteiger partial charge in [0.05, 0.1) is 11.7 Å². The van der Waals surface area contributed by atoms with E-state index in [1.165, 1.54) is 18.5 Å². The molecule has 3 rings (SSSR count). The lowest BCUT2D eigenvalue weighted by Crippen LogP contribution is -2.33. The molecule has 26 heavy (non-hydrogen) atoms. The summed E-state index contributed by atoms with van der Waals surface area (Å²) in [5, 5.41) is 4.08. The molecule has 1 amide bonds. The van der Waals surface area contributed by atoms with Crippen LogP contribution in [0.15, 0.2) is 61.2 Å². The average Bonchev–Trinajstić information content (AvgIpc) is 3.21. The predicted molar refractivity (Wildman–Crippen MR) is 94.4 cm³/mol. The molecule has 0 aliphatic heterocycles. The fraction of sp³-hybridized carbons (Fsp3) is 0.211. The van der Waals surface area contributed by atoms with E-state index in [4.69, 9.17) is 4.74 Å². The Hall–Kier alpha value is -3.22. The van der Waals surface area contributed by atoms with E-state index in [-0.39, 0.29) is 24.3 Å². The molecule has 3 aromatic rings. The Morgan fingerprint density at radius 2 is 1.96 bits per heavy atom. The van der Waals surface area contributed by atoms with Crippen LogP contribution in [0.3, 0.4) is 0 Å². The number of likely N-dealkylation sites (N-methyl/N-ethyl adjacent to an activating group) is 1. The number of carbonyl (C=O) groups is 1. The van der Waals surface area contributed by atoms with E-state index in [0.717, 1.165) is 11.3 Å². The van der Waals surface area contributed by atoms with Crippen molar-refractivity contribution in [2.24, 2.45) is 0 Å². The maximum absolute atomic E-state index is 13.6. The number of carbonyl (C=O) groups excluding carboxylic acids is 1. The minimum absolute atomic E-state index is 0.0686. The van der Waals surface area contributed by atoms with Gasteiger partial charge in [0.25, 0.3) is 5.91 Å². The third-order valence-electron chi connectivity index (χ3n) is 4.22. The molecular formula is C19H19FN4O2. The van der Waals surface area contributed by atoms with Crippen LogP contribution in [-0.4, -0.2) is 39.2 Å². The smallest absolute Gasteiger partial charge is 0.260 e. The highest BCUT2D eigenvalue weighted by Crippen LogP contribution is 2.21. The van der Waals surface area contributed by atoms with E-state index in [2.05, 4.69) is 10.1 Å². The maximum Gasteiger partial charge on any atom is 0.260 e. The zero-order valence-electron chi connectivity index (χ0n) is 14.5. The number of para-hydroxylation sites is 1. The maximum atomic E-state index is 13.6. The molecule has 0 aliphatic rings. The molecule has 1 atom stereocenters. The Balaban J connectivity index is 1.62. The fourth-order valence-corrected chi connectivity index (χ4v) is 2.49. The molecule has 2 aromatic carbocycles. The standard InChI is InChI=1S/C19H19FN4O2/c1-14(15-7-9-16(10-8-15)24-13-21-12-22-24)23(2)19(25)11-26-18-6-4-3-5-17(18)20/h3-10,12-14H,11H2,1-2H3/t14-/m0/s1. The molecule has 0 radical (unpaired) electrons. The molecule has 0 saturated heterocycles. The number of rotatable bonds is 6. The van der Waals surface area contributed by atoms with Gasteiger partial charge in [0.15, 0.2) is 18.2 Å². The highest BCUT2D eigenvalue weighted by Gasteiger charge is 2.18. The number of halogens is 1. The molecule has 0 aliphatic carbocycles. The van der Waals surface area contributed by atoms with E-state index in [0.29, 0.717) is 0 Å². The van der Waals surface area contributed by atoms with Crippen LogP contribution in [0, 0.1) is 5.82 Å². The van der Waals surface area contributed by atoms with Crippen LogP contribution in [-0.2, 0) is 4.79 Å². The molecule has 0 N–H and O–H groups in total. The molecule has 7 heteroatoms. The van der Waals surface area contributed by atoms with E-state index in [9.17, 15) is 9.18 Å². The third-order valence-corrected chi connectivity index (χ3v) is 4.22. The number of nitrogens with zero attached hydrogens (tertiary/aromatic N) is 4. The topological polar surface area (TPSA) is 60.2 Å². The van der Waals surface area contributed by atoms with Gasteiger partial charge in [0, 0.05) is 7.05 Å². The first-order valence-corrected chi connectivity index (χ1v) is 8.14. The van der Waals surface area contributed by atoms with Crippen LogP contribution in [0.25, 0.3) is 5.69 Å². The summed E-state index contributed by atoms with van der Waals surface area (Å²) >= 11 is 0. The number of hydrogen-bond acceptors (Lipinski definition) is 4. The number of ether oxygens (including phenoxy) is 1. The van der Waals surface area contributed by atoms with Gasteiger partial charge in [0.1, 0.15) is 12.7 Å². The molecule has 0 saturated carbocycles. The molecule has 0 spiro atoms. The van der Waals surface area contributed by atoms with Crippen LogP contribution < -0.4 is 4.74 Å². The van der Waals surface area contributed by atoms with Gasteiger partial charge >= 0.3 is 0 Å². The number of hydrogen-bond donors (Lipinski definition) is 0. The number of benzene rings is 2. The monoisotopic (exact) mass is 354 g/mol. The van der Waals surface area contributed by atoms with Gasteiger partial charge < -0.3 is 9.64 Å². The first kappa shape index (κ1) is 17.6. The van der Waals surface area contributed by atoms with Crippen LogP contribution in [0.2, 0.25) is 0 Å². The van der Waals surface area contributed by atoms with Crippen molar-refractivity contribution in [3.63, 3.8) is 0 Å². The summed E-state index contributed by atoms with van der Waals surface area (Å²) in [6.07, 6.45) is 3.09. The second-order valence-electron chi connectivity index (χ2n) is 5.83. The molecular weight excluding hydrogens is 335 g/mol. The Labute approximate surface area is 150 Å². The second kappa shape index (κ2) is 7.77. The Morgan fingerprint density at radius 1 is 1.23 bits per heavy atom. The molecule has 0 bridgehead atoms. The Kier molecular flexibility index (Phi) is 5.26. The molecule has 1 aromatic heterocycles. The molecule has 1 heterocycles. The van der Waals surface area contributed by atoms with Gasteiger partial charge in [0.2, 0.25) is 0 Å². The van der Waals surface area contributed by atoms with E-state index < -0.39 is 5.82 Å². The summed E-state index contributed by atoms with van der Waals surface area (Å²) in [5.74, 6) is -0.653. The van der Waals surface area contributed by atoms with Gasteiger partial charge in [-0.15, -0.1) is 0 Å². The zero-order chi connectivity index (χ0) is 18.5. The molecule has 134 valence electrons. The largest absolute Gasteiger partial charge is 0.481 e. The number of amides is 1. The van der Waals surface area contributed by atoms with Crippen molar-refractivity contribution in [3.8, 4) is 11.4 Å². The first-order chi connectivity index (χ1) is 12.6. The van der Waals surface area contributed by atoms with Crippen molar-refractivity contribution in [2.45, 2.75) is 13.0 Å². The van der Waals surface area contributed by atoms with E-state index in [1.807, 2.05) is 31.2 Å². The van der Waals surface area contributed by atoms with Gasteiger partial charge in [-0.25, -0.2) is 14.1 Å². The summed E-state index contributed by atoms with van der Waals surface area (Å²) in [6.45, 7) is 1.70. The van der Waals surface area contributed by atoms with Gasteiger partial charge in [-0.1, -0.05) is 24.3 Å². The van der Waals surface area contributed by atoms with E-state index in [1.54, 1.807) is 35.1 Å². The quantitative estimate of drug-likeness (QED) is 0.683. The minimum atomic E-state index is -0.486. The predicted octanol–water partition coefficient (Wildman–Crippen LogP) is 3.00. The lowest BCUT2D eigenvalue weighted by Gasteiger charge is -2.25. The van der Waals surface area contributed by atoms with Crippen LogP contribution in [0.5, 0.6) is 5.75 Å². The molecule has 0 unspecified atom stereocenters. The fourth-order valence-electron chi connectivity index (χ4n) is 2.49. The number of aromatic nitrogens is 3. The van der Waals surface area contributed by atoms with Crippen LogP contribution >= 0.6 is 0 Å². The third kappa shape index (κ3) is 3.88. The molecule has 6 nitrogen and oxygen atoms in total. The molecule has 0 fully saturated rings. The lowest BCUT2D eigenvalue weighted by molar-refractivity contribution is -0.134. The minimum Gasteiger partial charge on any atom is -0.481 e. The SMILES string of the molecule is C[C@@H](c1ccc(-n2cncn2)cc1)N(C)C(=O)COc1ccccc1F. The van der Waals surface area contributed by atoms with Crippen LogP contribution in [0.1, 0.15) is 18.5 Å². The van der Waals surface area contributed by atoms with Gasteiger partial charge in [-0.2, -0.15) is 5.10 Å². The normalized spacial score (nSPS) is 11.8. The Morgan fingerprint density at radius 3 is 2.62 bits per heavy atom.